The van der Waals surface area contributed by atoms with Crippen LogP contribution in [0.5, 0.6) is 5.75 Å². The van der Waals surface area contributed by atoms with Crippen LogP contribution in [0.15, 0.2) is 78.9 Å². The Morgan fingerprint density at radius 3 is 2.23 bits per heavy atom. The van der Waals surface area contributed by atoms with Crippen LogP contribution in [0.4, 0.5) is 0 Å². The molecule has 1 heterocycles. The molecule has 0 N–H and O–H groups in total. The first-order valence-corrected chi connectivity index (χ1v) is 8.61. The van der Waals surface area contributed by atoms with Gasteiger partial charge in [0.15, 0.2) is 11.6 Å². The van der Waals surface area contributed by atoms with Crippen LogP contribution in [-0.2, 0) is 0 Å². The van der Waals surface area contributed by atoms with Gasteiger partial charge in [0, 0.05) is 5.56 Å². The Labute approximate surface area is 152 Å². The van der Waals surface area contributed by atoms with Crippen molar-refractivity contribution in [3.8, 4) is 5.75 Å². The van der Waals surface area contributed by atoms with Crippen LogP contribution in [0.25, 0.3) is 0 Å². The van der Waals surface area contributed by atoms with Crippen molar-refractivity contribution in [2.45, 2.75) is 13.0 Å². The predicted molar refractivity (Wildman–Crippen MR) is 99.6 cm³/mol. The topological polar surface area (TPSA) is 43.4 Å². The molecule has 0 unspecified atom stereocenters. The molecule has 128 valence electrons. The first-order valence-electron chi connectivity index (χ1n) is 8.61. The molecule has 0 saturated carbocycles. The fraction of sp³-hybridized carbons (Fsp3) is 0.130. The molecule has 0 radical (unpaired) electrons. The molecule has 1 aliphatic rings. The average Bonchev–Trinajstić information content (AvgIpc) is 2.69. The zero-order chi connectivity index (χ0) is 18.1. The number of rotatable bonds is 3. The van der Waals surface area contributed by atoms with Gasteiger partial charge >= 0.3 is 0 Å². The van der Waals surface area contributed by atoms with Gasteiger partial charge in [-0.1, -0.05) is 72.3 Å². The minimum absolute atomic E-state index is 0.189. The Hall–Kier alpha value is -3.20. The maximum Gasteiger partial charge on any atom is 0.181 e. The Morgan fingerprint density at radius 2 is 1.50 bits per heavy atom. The van der Waals surface area contributed by atoms with Crippen molar-refractivity contribution < 1.29 is 14.3 Å². The van der Waals surface area contributed by atoms with Crippen molar-refractivity contribution in [1.82, 2.24) is 0 Å². The lowest BCUT2D eigenvalue weighted by Crippen LogP contribution is -2.37. The molecule has 3 heteroatoms. The average molecular weight is 342 g/mol. The molecule has 0 bridgehead atoms. The zero-order valence-electron chi connectivity index (χ0n) is 14.4. The fourth-order valence-corrected chi connectivity index (χ4v) is 3.34. The summed E-state index contributed by atoms with van der Waals surface area (Å²) < 4.78 is 6.13. The maximum atomic E-state index is 13.2. The second-order valence-electron chi connectivity index (χ2n) is 6.52. The molecule has 4 rings (SSSR count). The van der Waals surface area contributed by atoms with Gasteiger partial charge in [0.25, 0.3) is 0 Å². The first kappa shape index (κ1) is 16.3. The van der Waals surface area contributed by atoms with Crippen molar-refractivity contribution in [3.63, 3.8) is 0 Å². The third kappa shape index (κ3) is 2.82. The monoisotopic (exact) mass is 342 g/mol. The summed E-state index contributed by atoms with van der Waals surface area (Å²) in [5, 5.41) is 0. The minimum Gasteiger partial charge on any atom is -0.484 e. The van der Waals surface area contributed by atoms with Gasteiger partial charge in [0.05, 0.1) is 5.56 Å². The van der Waals surface area contributed by atoms with Gasteiger partial charge in [-0.25, -0.2) is 0 Å². The van der Waals surface area contributed by atoms with Crippen LogP contribution < -0.4 is 4.74 Å². The lowest BCUT2D eigenvalue weighted by molar-refractivity contribution is 0.0570. The molecule has 0 spiro atoms. The molecular formula is C23H18O3. The van der Waals surface area contributed by atoms with Gasteiger partial charge in [-0.05, 0) is 24.6 Å². The van der Waals surface area contributed by atoms with Gasteiger partial charge < -0.3 is 4.74 Å². The second kappa shape index (κ2) is 6.60. The fourth-order valence-electron chi connectivity index (χ4n) is 3.34. The van der Waals surface area contributed by atoms with Gasteiger partial charge in [0.2, 0.25) is 0 Å². The normalized spacial score (nSPS) is 18.7. The summed E-state index contributed by atoms with van der Waals surface area (Å²) in [4.78, 5) is 26.4. The van der Waals surface area contributed by atoms with E-state index in [1.54, 1.807) is 30.3 Å². The molecule has 0 amide bonds. The van der Waals surface area contributed by atoms with E-state index in [1.807, 2.05) is 55.5 Å². The van der Waals surface area contributed by atoms with Crippen LogP contribution in [0.1, 0.15) is 37.9 Å². The van der Waals surface area contributed by atoms with Gasteiger partial charge in [-0.2, -0.15) is 0 Å². The number of hydrogen-bond acceptors (Lipinski definition) is 3. The van der Waals surface area contributed by atoms with Crippen molar-refractivity contribution >= 4 is 11.6 Å². The number of aryl methyl sites for hydroxylation is 1. The Balaban J connectivity index is 1.81. The van der Waals surface area contributed by atoms with E-state index in [9.17, 15) is 9.59 Å². The molecule has 2 atom stereocenters. The Kier molecular flexibility index (Phi) is 4.13. The SMILES string of the molecule is Cc1ccc(C(=O)[C@H]2C(=O)c3ccccc3O[C@@H]2c2ccccc2)cc1. The third-order valence-electron chi connectivity index (χ3n) is 4.74. The van der Waals surface area contributed by atoms with E-state index < -0.39 is 12.0 Å². The number of hydrogen-bond donors (Lipinski definition) is 0. The van der Waals surface area contributed by atoms with E-state index in [-0.39, 0.29) is 11.6 Å². The molecule has 0 saturated heterocycles. The van der Waals surface area contributed by atoms with Crippen molar-refractivity contribution in [3.05, 3.63) is 101 Å². The highest BCUT2D eigenvalue weighted by molar-refractivity contribution is 6.18. The number of carbonyl (C=O) groups excluding carboxylic acids is 2. The molecule has 3 nitrogen and oxygen atoms in total. The predicted octanol–water partition coefficient (Wildman–Crippen LogP) is 4.81. The highest BCUT2D eigenvalue weighted by Gasteiger charge is 2.42. The van der Waals surface area contributed by atoms with Crippen LogP contribution >= 0.6 is 0 Å². The molecular weight excluding hydrogens is 324 g/mol. The van der Waals surface area contributed by atoms with Crippen LogP contribution in [-0.4, -0.2) is 11.6 Å². The first-order chi connectivity index (χ1) is 12.6. The van der Waals surface area contributed by atoms with Crippen LogP contribution in [0.3, 0.4) is 0 Å². The van der Waals surface area contributed by atoms with E-state index in [0.29, 0.717) is 16.9 Å². The van der Waals surface area contributed by atoms with E-state index in [4.69, 9.17) is 4.74 Å². The van der Waals surface area contributed by atoms with Crippen molar-refractivity contribution in [1.29, 1.82) is 0 Å². The molecule has 0 aromatic heterocycles. The van der Waals surface area contributed by atoms with E-state index in [0.717, 1.165) is 11.1 Å². The third-order valence-corrected chi connectivity index (χ3v) is 4.74. The lowest BCUT2D eigenvalue weighted by atomic mass is 9.81. The quantitative estimate of drug-likeness (QED) is 0.507. The van der Waals surface area contributed by atoms with Gasteiger partial charge in [-0.15, -0.1) is 0 Å². The molecule has 0 fully saturated rings. The number of carbonyl (C=O) groups is 2. The summed E-state index contributed by atoms with van der Waals surface area (Å²) in [6, 6.07) is 23.9. The molecule has 0 aliphatic carbocycles. The van der Waals surface area contributed by atoms with E-state index in [1.165, 1.54) is 0 Å². The van der Waals surface area contributed by atoms with E-state index in [2.05, 4.69) is 0 Å². The summed E-state index contributed by atoms with van der Waals surface area (Å²) in [6.07, 6.45) is -0.632. The van der Waals surface area contributed by atoms with Crippen LogP contribution in [0, 0.1) is 12.8 Å². The number of ketones is 2. The van der Waals surface area contributed by atoms with Crippen molar-refractivity contribution in [2.24, 2.45) is 5.92 Å². The molecule has 26 heavy (non-hydrogen) atoms. The number of Topliss-reactive ketones (excluding diaryl/α,β-unsaturated/α-hetero) is 2. The maximum absolute atomic E-state index is 13.2. The molecule has 3 aromatic carbocycles. The number of para-hydroxylation sites is 1. The highest BCUT2D eigenvalue weighted by Crippen LogP contribution is 2.40. The Morgan fingerprint density at radius 1 is 0.846 bits per heavy atom. The summed E-state index contributed by atoms with van der Waals surface area (Å²) in [5.41, 5.74) is 2.88. The number of fused-ring (bicyclic) bond motifs is 1. The second-order valence-corrected chi connectivity index (χ2v) is 6.52. The smallest absolute Gasteiger partial charge is 0.181 e. The number of benzene rings is 3. The lowest BCUT2D eigenvalue weighted by Gasteiger charge is -2.32. The van der Waals surface area contributed by atoms with Gasteiger partial charge in [0.1, 0.15) is 17.8 Å². The summed E-state index contributed by atoms with van der Waals surface area (Å²) in [7, 11) is 0. The Bertz CT molecular complexity index is 958. The van der Waals surface area contributed by atoms with Gasteiger partial charge in [-0.3, -0.25) is 9.59 Å². The largest absolute Gasteiger partial charge is 0.484 e. The summed E-state index contributed by atoms with van der Waals surface area (Å²) in [5.74, 6) is -0.765. The standard InChI is InChI=1S/C23H18O3/c1-15-11-13-16(14-12-15)21(24)20-22(25)18-9-5-6-10-19(18)26-23(20)17-7-3-2-4-8-17/h2-14,20,23H,1H3/t20-,23+/m0/s1. The molecule has 1 aliphatic heterocycles. The number of ether oxygens (including phenoxy) is 1. The van der Waals surface area contributed by atoms with Crippen molar-refractivity contribution in [2.75, 3.05) is 0 Å². The highest BCUT2D eigenvalue weighted by atomic mass is 16.5. The van der Waals surface area contributed by atoms with E-state index >= 15 is 0 Å². The summed E-state index contributed by atoms with van der Waals surface area (Å²) in [6.45, 7) is 1.96. The zero-order valence-corrected chi connectivity index (χ0v) is 14.4. The minimum atomic E-state index is -0.894. The molecule has 3 aromatic rings. The summed E-state index contributed by atoms with van der Waals surface area (Å²) >= 11 is 0. The van der Waals surface area contributed by atoms with Crippen LogP contribution in [0.2, 0.25) is 0 Å².